The number of ether oxygens (including phenoxy) is 1. The molecule has 0 N–H and O–H groups in total. The second-order valence-corrected chi connectivity index (χ2v) is 7.54. The summed E-state index contributed by atoms with van der Waals surface area (Å²) >= 11 is 6.00. The standard InChI is InChI=1S/C19H18ClN5O/c1-19(2,3)25-17(22-23-24-25)16-14-6-4-5-7-15(14)21-18(26-16)12-8-10-13(20)11-9-12/h4-11,16H,1-3H3. The van der Waals surface area contributed by atoms with Gasteiger partial charge in [0.2, 0.25) is 5.90 Å². The molecule has 1 unspecified atom stereocenters. The number of nitrogens with zero attached hydrogens (tertiary/aromatic N) is 5. The SMILES string of the molecule is CC(C)(C)n1nnnc1C1OC(c2ccc(Cl)cc2)=Nc2ccccc21. The summed E-state index contributed by atoms with van der Waals surface area (Å²) in [4.78, 5) is 4.67. The van der Waals surface area contributed by atoms with Gasteiger partial charge >= 0.3 is 0 Å². The molecule has 0 bridgehead atoms. The van der Waals surface area contributed by atoms with Crippen LogP contribution in [-0.4, -0.2) is 26.1 Å². The van der Waals surface area contributed by atoms with Crippen LogP contribution < -0.4 is 0 Å². The molecule has 0 spiro atoms. The van der Waals surface area contributed by atoms with Gasteiger partial charge in [0.25, 0.3) is 0 Å². The highest BCUT2D eigenvalue weighted by atomic mass is 35.5. The summed E-state index contributed by atoms with van der Waals surface area (Å²) in [6.07, 6.45) is -0.441. The summed E-state index contributed by atoms with van der Waals surface area (Å²) in [5.74, 6) is 1.17. The monoisotopic (exact) mass is 367 g/mol. The van der Waals surface area contributed by atoms with Gasteiger partial charge in [-0.2, -0.15) is 0 Å². The van der Waals surface area contributed by atoms with E-state index in [4.69, 9.17) is 16.3 Å². The molecule has 0 saturated heterocycles. The van der Waals surface area contributed by atoms with Crippen molar-refractivity contribution in [3.8, 4) is 0 Å². The van der Waals surface area contributed by atoms with E-state index >= 15 is 0 Å². The summed E-state index contributed by atoms with van der Waals surface area (Å²) in [6, 6.07) is 15.3. The Morgan fingerprint density at radius 3 is 2.50 bits per heavy atom. The third-order valence-corrected chi connectivity index (χ3v) is 4.38. The number of para-hydroxylation sites is 1. The molecule has 1 aliphatic heterocycles. The van der Waals surface area contributed by atoms with Crippen molar-refractivity contribution >= 4 is 23.2 Å². The van der Waals surface area contributed by atoms with Crippen molar-refractivity contribution in [2.75, 3.05) is 0 Å². The Hall–Kier alpha value is -2.73. The molecule has 0 amide bonds. The first-order valence-electron chi connectivity index (χ1n) is 8.32. The van der Waals surface area contributed by atoms with E-state index in [0.29, 0.717) is 16.7 Å². The lowest BCUT2D eigenvalue weighted by molar-refractivity contribution is 0.197. The fourth-order valence-electron chi connectivity index (χ4n) is 2.87. The minimum absolute atomic E-state index is 0.272. The smallest absolute Gasteiger partial charge is 0.222 e. The van der Waals surface area contributed by atoms with Crippen molar-refractivity contribution < 1.29 is 4.74 Å². The van der Waals surface area contributed by atoms with Crippen LogP contribution in [-0.2, 0) is 10.3 Å². The van der Waals surface area contributed by atoms with E-state index in [2.05, 4.69) is 41.3 Å². The van der Waals surface area contributed by atoms with Gasteiger partial charge in [-0.3, -0.25) is 0 Å². The molecule has 1 aliphatic rings. The molecule has 0 radical (unpaired) electrons. The van der Waals surface area contributed by atoms with E-state index in [0.717, 1.165) is 16.8 Å². The number of fused-ring (bicyclic) bond motifs is 1. The molecule has 6 nitrogen and oxygen atoms in total. The molecule has 2 heterocycles. The molecule has 1 aromatic heterocycles. The lowest BCUT2D eigenvalue weighted by atomic mass is 10.0. The van der Waals surface area contributed by atoms with E-state index < -0.39 is 6.10 Å². The molecular formula is C19H18ClN5O. The minimum atomic E-state index is -0.441. The van der Waals surface area contributed by atoms with Crippen LogP contribution in [0, 0.1) is 0 Å². The Morgan fingerprint density at radius 1 is 1.04 bits per heavy atom. The molecule has 0 aliphatic carbocycles. The number of aliphatic imine (C=N–C) groups is 1. The number of benzene rings is 2. The summed E-state index contributed by atoms with van der Waals surface area (Å²) in [5.41, 5.74) is 2.36. The van der Waals surface area contributed by atoms with Gasteiger partial charge in [0.15, 0.2) is 11.9 Å². The third-order valence-electron chi connectivity index (χ3n) is 4.13. The Labute approximate surface area is 156 Å². The maximum atomic E-state index is 6.26. The summed E-state index contributed by atoms with van der Waals surface area (Å²) in [6.45, 7) is 6.15. The summed E-state index contributed by atoms with van der Waals surface area (Å²) in [5, 5.41) is 12.9. The number of rotatable bonds is 2. The van der Waals surface area contributed by atoms with Gasteiger partial charge in [-0.1, -0.05) is 29.8 Å². The van der Waals surface area contributed by atoms with Gasteiger partial charge in [-0.05, 0) is 61.5 Å². The highest BCUT2D eigenvalue weighted by molar-refractivity contribution is 6.30. The van der Waals surface area contributed by atoms with E-state index in [1.807, 2.05) is 48.5 Å². The zero-order chi connectivity index (χ0) is 18.3. The molecule has 4 rings (SSSR count). The van der Waals surface area contributed by atoms with Gasteiger partial charge in [-0.25, -0.2) is 9.67 Å². The molecule has 132 valence electrons. The zero-order valence-electron chi connectivity index (χ0n) is 14.7. The van der Waals surface area contributed by atoms with E-state index in [1.54, 1.807) is 4.68 Å². The molecular weight excluding hydrogens is 350 g/mol. The average Bonchev–Trinajstić information content (AvgIpc) is 3.11. The van der Waals surface area contributed by atoms with Gasteiger partial charge in [0.05, 0.1) is 11.2 Å². The third kappa shape index (κ3) is 2.97. The topological polar surface area (TPSA) is 65.2 Å². The lowest BCUT2D eigenvalue weighted by Gasteiger charge is -2.28. The Balaban J connectivity index is 1.83. The highest BCUT2D eigenvalue weighted by Crippen LogP contribution is 2.38. The maximum Gasteiger partial charge on any atom is 0.222 e. The van der Waals surface area contributed by atoms with Crippen LogP contribution >= 0.6 is 11.6 Å². The van der Waals surface area contributed by atoms with Crippen molar-refractivity contribution in [3.63, 3.8) is 0 Å². The Bertz CT molecular complexity index is 972. The molecule has 7 heteroatoms. The predicted molar refractivity (Wildman–Crippen MR) is 99.8 cm³/mol. The molecule has 1 atom stereocenters. The Kier molecular flexibility index (Phi) is 4.00. The van der Waals surface area contributed by atoms with Gasteiger partial charge in [0, 0.05) is 16.1 Å². The minimum Gasteiger partial charge on any atom is -0.461 e. The lowest BCUT2D eigenvalue weighted by Crippen LogP contribution is -2.29. The van der Waals surface area contributed by atoms with Gasteiger partial charge < -0.3 is 4.74 Å². The predicted octanol–water partition coefficient (Wildman–Crippen LogP) is 4.28. The number of aromatic nitrogens is 4. The van der Waals surface area contributed by atoms with E-state index in [1.165, 1.54) is 0 Å². The van der Waals surface area contributed by atoms with Crippen molar-refractivity contribution in [1.82, 2.24) is 20.2 Å². The van der Waals surface area contributed by atoms with Gasteiger partial charge in [-0.15, -0.1) is 5.10 Å². The first-order valence-corrected chi connectivity index (χ1v) is 8.70. The molecule has 3 aromatic rings. The van der Waals surface area contributed by atoms with E-state index in [-0.39, 0.29) is 5.54 Å². The maximum absolute atomic E-state index is 6.26. The van der Waals surface area contributed by atoms with Crippen molar-refractivity contribution in [2.45, 2.75) is 32.4 Å². The van der Waals surface area contributed by atoms with E-state index in [9.17, 15) is 0 Å². The van der Waals surface area contributed by atoms with Crippen molar-refractivity contribution in [2.24, 2.45) is 4.99 Å². The van der Waals surface area contributed by atoms with Crippen LogP contribution in [0.5, 0.6) is 0 Å². The highest BCUT2D eigenvalue weighted by Gasteiger charge is 2.33. The normalized spacial score (nSPS) is 16.6. The quantitative estimate of drug-likeness (QED) is 0.678. The van der Waals surface area contributed by atoms with Crippen LogP contribution in [0.25, 0.3) is 0 Å². The van der Waals surface area contributed by atoms with Crippen LogP contribution in [0.4, 0.5) is 5.69 Å². The van der Waals surface area contributed by atoms with Crippen molar-refractivity contribution in [1.29, 1.82) is 0 Å². The van der Waals surface area contributed by atoms with Crippen LogP contribution in [0.3, 0.4) is 0 Å². The first-order chi connectivity index (χ1) is 12.4. The number of hydrogen-bond donors (Lipinski definition) is 0. The molecule has 26 heavy (non-hydrogen) atoms. The summed E-state index contributed by atoms with van der Waals surface area (Å²) < 4.78 is 8.05. The number of tetrazole rings is 1. The fraction of sp³-hybridized carbons (Fsp3) is 0.263. The molecule has 2 aromatic carbocycles. The van der Waals surface area contributed by atoms with Crippen LogP contribution in [0.1, 0.15) is 43.8 Å². The second kappa shape index (κ2) is 6.21. The summed E-state index contributed by atoms with van der Waals surface area (Å²) in [7, 11) is 0. The van der Waals surface area contributed by atoms with Crippen LogP contribution in [0.2, 0.25) is 5.02 Å². The fourth-order valence-corrected chi connectivity index (χ4v) is 3.00. The molecule has 0 saturated carbocycles. The zero-order valence-corrected chi connectivity index (χ0v) is 15.5. The van der Waals surface area contributed by atoms with Gasteiger partial charge in [0.1, 0.15) is 0 Å². The average molecular weight is 368 g/mol. The largest absolute Gasteiger partial charge is 0.461 e. The number of hydrogen-bond acceptors (Lipinski definition) is 5. The Morgan fingerprint density at radius 2 is 1.77 bits per heavy atom. The second-order valence-electron chi connectivity index (χ2n) is 7.10. The van der Waals surface area contributed by atoms with Crippen LogP contribution in [0.15, 0.2) is 53.5 Å². The first kappa shape index (κ1) is 16.7. The molecule has 0 fully saturated rings. The number of halogens is 1. The van der Waals surface area contributed by atoms with Crippen molar-refractivity contribution in [3.05, 3.63) is 70.5 Å².